The van der Waals surface area contributed by atoms with Crippen LogP contribution in [0.3, 0.4) is 0 Å². The van der Waals surface area contributed by atoms with Crippen molar-refractivity contribution in [3.63, 3.8) is 0 Å². The Kier molecular flexibility index (Phi) is 4.22. The fourth-order valence-corrected chi connectivity index (χ4v) is 3.23. The molecule has 0 bridgehead atoms. The fourth-order valence-electron chi connectivity index (χ4n) is 3.05. The average Bonchev–Trinajstić information content (AvgIpc) is 2.63. The zero-order chi connectivity index (χ0) is 14.2. The Morgan fingerprint density at radius 2 is 2.05 bits per heavy atom. The zero-order valence-electron chi connectivity index (χ0n) is 12.1. The maximum atomic E-state index is 14.1. The van der Waals surface area contributed by atoms with Gasteiger partial charge in [0.25, 0.3) is 0 Å². The van der Waals surface area contributed by atoms with Crippen LogP contribution in [0.2, 0.25) is 5.02 Å². The second-order valence-electron chi connectivity index (χ2n) is 6.89. The molecular weight excluding hydrogens is 261 g/mol. The highest BCUT2D eigenvalue weighted by molar-refractivity contribution is 6.30. The number of halogens is 2. The molecule has 1 fully saturated rings. The summed E-state index contributed by atoms with van der Waals surface area (Å²) in [6.07, 6.45) is 1.10. The van der Waals surface area contributed by atoms with Crippen molar-refractivity contribution in [2.45, 2.75) is 46.1 Å². The predicted octanol–water partition coefficient (Wildman–Crippen LogP) is 4.61. The molecule has 1 aliphatic heterocycles. The summed E-state index contributed by atoms with van der Waals surface area (Å²) in [5.41, 5.74) is 1.04. The molecule has 0 amide bonds. The van der Waals surface area contributed by atoms with Crippen molar-refractivity contribution in [3.8, 4) is 0 Å². The molecule has 19 heavy (non-hydrogen) atoms. The summed E-state index contributed by atoms with van der Waals surface area (Å²) in [5.74, 6) is 0.387. The predicted molar refractivity (Wildman–Crippen MR) is 79.2 cm³/mol. The van der Waals surface area contributed by atoms with Crippen molar-refractivity contribution in [1.29, 1.82) is 0 Å². The van der Waals surface area contributed by atoms with Gasteiger partial charge in [0, 0.05) is 18.5 Å². The first-order chi connectivity index (χ1) is 8.79. The van der Waals surface area contributed by atoms with Crippen molar-refractivity contribution in [1.82, 2.24) is 5.32 Å². The minimum absolute atomic E-state index is 0.214. The molecule has 1 N–H and O–H groups in total. The topological polar surface area (TPSA) is 12.0 Å². The quantitative estimate of drug-likeness (QED) is 0.836. The van der Waals surface area contributed by atoms with E-state index in [-0.39, 0.29) is 22.2 Å². The first-order valence-corrected chi connectivity index (χ1v) is 7.34. The molecule has 1 heterocycles. The van der Waals surface area contributed by atoms with Crippen molar-refractivity contribution in [2.24, 2.45) is 11.3 Å². The van der Waals surface area contributed by atoms with Gasteiger partial charge < -0.3 is 5.32 Å². The highest BCUT2D eigenvalue weighted by Gasteiger charge is 2.36. The average molecular weight is 284 g/mol. The van der Waals surface area contributed by atoms with Gasteiger partial charge in [0.1, 0.15) is 5.82 Å². The Bertz CT molecular complexity index is 453. The third-order valence-electron chi connectivity index (χ3n) is 4.08. The standard InChI is InChI=1S/C16H23ClFN/c1-10-12(9-19-14(10)8-16(2,3)4)11-6-5-7-13(17)15(11)18/h5-7,10,12,14,19H,8-9H2,1-4H3. The summed E-state index contributed by atoms with van der Waals surface area (Å²) < 4.78 is 14.1. The van der Waals surface area contributed by atoms with Gasteiger partial charge in [0.2, 0.25) is 0 Å². The van der Waals surface area contributed by atoms with E-state index >= 15 is 0 Å². The first kappa shape index (κ1) is 14.8. The van der Waals surface area contributed by atoms with Gasteiger partial charge in [-0.1, -0.05) is 51.4 Å². The highest BCUT2D eigenvalue weighted by Crippen LogP contribution is 2.38. The Hall–Kier alpha value is -0.600. The molecule has 1 aliphatic rings. The van der Waals surface area contributed by atoms with E-state index in [1.807, 2.05) is 12.1 Å². The minimum atomic E-state index is -0.251. The lowest BCUT2D eigenvalue weighted by Crippen LogP contribution is -2.30. The molecule has 1 nitrogen and oxygen atoms in total. The third-order valence-corrected chi connectivity index (χ3v) is 4.37. The Morgan fingerprint density at radius 3 is 2.68 bits per heavy atom. The smallest absolute Gasteiger partial charge is 0.145 e. The van der Waals surface area contributed by atoms with E-state index in [0.717, 1.165) is 18.5 Å². The number of nitrogens with one attached hydrogen (secondary N) is 1. The van der Waals surface area contributed by atoms with Gasteiger partial charge in [-0.2, -0.15) is 0 Å². The summed E-state index contributed by atoms with van der Waals surface area (Å²) in [6, 6.07) is 5.76. The first-order valence-electron chi connectivity index (χ1n) is 6.97. The molecule has 3 heteroatoms. The maximum Gasteiger partial charge on any atom is 0.145 e. The van der Waals surface area contributed by atoms with Crippen molar-refractivity contribution in [2.75, 3.05) is 6.54 Å². The zero-order valence-corrected chi connectivity index (χ0v) is 12.9. The molecule has 1 saturated heterocycles. The summed E-state index contributed by atoms with van der Waals surface area (Å²) in [4.78, 5) is 0. The fraction of sp³-hybridized carbons (Fsp3) is 0.625. The van der Waals surface area contributed by atoms with E-state index in [9.17, 15) is 4.39 Å². The van der Waals surface area contributed by atoms with Crippen LogP contribution in [0.5, 0.6) is 0 Å². The molecule has 3 unspecified atom stereocenters. The largest absolute Gasteiger partial charge is 0.313 e. The summed E-state index contributed by atoms with van der Waals surface area (Å²) >= 11 is 5.89. The molecule has 2 rings (SSSR count). The summed E-state index contributed by atoms with van der Waals surface area (Å²) in [5, 5.41) is 3.77. The van der Waals surface area contributed by atoms with E-state index in [1.165, 1.54) is 0 Å². The maximum absolute atomic E-state index is 14.1. The molecule has 1 aromatic carbocycles. The van der Waals surface area contributed by atoms with E-state index in [4.69, 9.17) is 11.6 Å². The molecule has 0 aromatic heterocycles. The van der Waals surface area contributed by atoms with Gasteiger partial charge in [-0.05, 0) is 29.4 Å². The van der Waals surface area contributed by atoms with Gasteiger partial charge in [0.05, 0.1) is 5.02 Å². The number of benzene rings is 1. The summed E-state index contributed by atoms with van der Waals surface area (Å²) in [6.45, 7) is 9.78. The molecule has 0 aliphatic carbocycles. The number of rotatable bonds is 2. The lowest BCUT2D eigenvalue weighted by Gasteiger charge is -2.27. The van der Waals surface area contributed by atoms with Crippen LogP contribution >= 0.6 is 11.6 Å². The van der Waals surface area contributed by atoms with Crippen molar-refractivity contribution in [3.05, 3.63) is 34.6 Å². The Balaban J connectivity index is 2.18. The third kappa shape index (κ3) is 3.29. The lowest BCUT2D eigenvalue weighted by molar-refractivity contribution is 0.289. The SMILES string of the molecule is CC1C(CC(C)(C)C)NCC1c1cccc(Cl)c1F. The molecule has 0 spiro atoms. The summed E-state index contributed by atoms with van der Waals surface area (Å²) in [7, 11) is 0. The number of hydrogen-bond acceptors (Lipinski definition) is 1. The van der Waals surface area contributed by atoms with Crippen LogP contribution in [0, 0.1) is 17.2 Å². The molecule has 0 saturated carbocycles. The molecule has 3 atom stereocenters. The lowest BCUT2D eigenvalue weighted by atomic mass is 9.80. The van der Waals surface area contributed by atoms with Crippen LogP contribution in [0.1, 0.15) is 45.6 Å². The van der Waals surface area contributed by atoms with Crippen molar-refractivity contribution < 1.29 is 4.39 Å². The van der Waals surface area contributed by atoms with E-state index in [0.29, 0.717) is 12.0 Å². The van der Waals surface area contributed by atoms with Crippen molar-refractivity contribution >= 4 is 11.6 Å². The molecule has 106 valence electrons. The molecule has 0 radical (unpaired) electrons. The normalized spacial score (nSPS) is 27.8. The second kappa shape index (κ2) is 5.41. The van der Waals surface area contributed by atoms with Gasteiger partial charge in [-0.25, -0.2) is 4.39 Å². The monoisotopic (exact) mass is 283 g/mol. The Morgan fingerprint density at radius 1 is 1.37 bits per heavy atom. The van der Waals surface area contributed by atoms with Gasteiger partial charge in [-0.15, -0.1) is 0 Å². The van der Waals surface area contributed by atoms with E-state index in [2.05, 4.69) is 33.0 Å². The van der Waals surface area contributed by atoms with Crippen LogP contribution in [0.15, 0.2) is 18.2 Å². The highest BCUT2D eigenvalue weighted by atomic mass is 35.5. The Labute approximate surface area is 120 Å². The van der Waals surface area contributed by atoms with Crippen LogP contribution in [0.4, 0.5) is 4.39 Å². The van der Waals surface area contributed by atoms with Gasteiger partial charge >= 0.3 is 0 Å². The molecular formula is C16H23ClFN. The van der Waals surface area contributed by atoms with Crippen LogP contribution in [0.25, 0.3) is 0 Å². The van der Waals surface area contributed by atoms with E-state index in [1.54, 1.807) is 6.07 Å². The second-order valence-corrected chi connectivity index (χ2v) is 7.30. The minimum Gasteiger partial charge on any atom is -0.313 e. The van der Waals surface area contributed by atoms with Crippen LogP contribution in [-0.4, -0.2) is 12.6 Å². The van der Waals surface area contributed by atoms with Crippen LogP contribution in [-0.2, 0) is 0 Å². The van der Waals surface area contributed by atoms with Crippen LogP contribution < -0.4 is 5.32 Å². The number of hydrogen-bond donors (Lipinski definition) is 1. The van der Waals surface area contributed by atoms with Gasteiger partial charge in [0.15, 0.2) is 0 Å². The van der Waals surface area contributed by atoms with E-state index < -0.39 is 0 Å². The van der Waals surface area contributed by atoms with Gasteiger partial charge in [-0.3, -0.25) is 0 Å². The molecule has 1 aromatic rings.